The molecule has 0 saturated heterocycles. The summed E-state index contributed by atoms with van der Waals surface area (Å²) >= 11 is 2.97. The van der Waals surface area contributed by atoms with Crippen molar-refractivity contribution in [2.45, 2.75) is 31.3 Å². The molecule has 0 radical (unpaired) electrons. The lowest BCUT2D eigenvalue weighted by atomic mass is 10.0. The highest BCUT2D eigenvalue weighted by Crippen LogP contribution is 2.42. The predicted molar refractivity (Wildman–Crippen MR) is 149 cm³/mol. The maximum Gasteiger partial charge on any atom is 0.234 e. The number of hydrogen-bond donors (Lipinski definition) is 1. The molecule has 4 heterocycles. The fourth-order valence-electron chi connectivity index (χ4n) is 5.10. The summed E-state index contributed by atoms with van der Waals surface area (Å²) in [4.78, 5) is 23.6. The third kappa shape index (κ3) is 3.77. The van der Waals surface area contributed by atoms with Crippen LogP contribution >= 0.6 is 23.1 Å². The topological polar surface area (TPSA) is 85.1 Å². The van der Waals surface area contributed by atoms with Gasteiger partial charge in [0.05, 0.1) is 17.0 Å². The molecule has 9 heteroatoms. The molecule has 1 N–H and O–H groups in total. The Hall–Kier alpha value is -3.82. The standard InChI is InChI=1S/C28H22N6OS2/c1-16-8-5-6-13-20(16)30-21(35)14-36-28-33-32-26-25-24(29-15-34(26)28)22-18-11-7-12-19(18)23(31-27(22)37-25)17-9-3-2-4-10-17/h2-6,8-10,13,15H,7,11-12,14H2,1H3,(H,30,35). The van der Waals surface area contributed by atoms with Crippen molar-refractivity contribution in [2.75, 3.05) is 11.1 Å². The molecule has 1 amide bonds. The maximum absolute atomic E-state index is 12.6. The number of para-hydroxylation sites is 1. The van der Waals surface area contributed by atoms with E-state index in [-0.39, 0.29) is 11.7 Å². The minimum Gasteiger partial charge on any atom is -0.325 e. The zero-order valence-electron chi connectivity index (χ0n) is 20.1. The van der Waals surface area contributed by atoms with E-state index in [4.69, 9.17) is 9.97 Å². The average Bonchev–Trinajstić information content (AvgIpc) is 3.65. The fourth-order valence-corrected chi connectivity index (χ4v) is 6.94. The van der Waals surface area contributed by atoms with Crippen LogP contribution in [-0.2, 0) is 17.6 Å². The van der Waals surface area contributed by atoms with E-state index in [2.05, 4.69) is 39.8 Å². The summed E-state index contributed by atoms with van der Waals surface area (Å²) in [5, 5.41) is 13.7. The van der Waals surface area contributed by atoms with Crippen LogP contribution in [0.5, 0.6) is 0 Å². The molecule has 1 aliphatic rings. The van der Waals surface area contributed by atoms with Crippen molar-refractivity contribution in [2.24, 2.45) is 0 Å². The first-order chi connectivity index (χ1) is 18.2. The van der Waals surface area contributed by atoms with Crippen LogP contribution in [0.3, 0.4) is 0 Å². The van der Waals surface area contributed by atoms with Gasteiger partial charge in [-0.1, -0.05) is 60.3 Å². The molecular weight excluding hydrogens is 500 g/mol. The molecule has 6 aromatic rings. The first-order valence-corrected chi connectivity index (χ1v) is 14.0. The number of nitrogens with one attached hydrogen (secondary N) is 1. The van der Waals surface area contributed by atoms with Crippen LogP contribution in [0.25, 0.3) is 37.3 Å². The first kappa shape index (κ1) is 22.4. The largest absolute Gasteiger partial charge is 0.325 e. The number of thiophene rings is 1. The molecule has 4 aromatic heterocycles. The van der Waals surface area contributed by atoms with Gasteiger partial charge in [0.25, 0.3) is 0 Å². The molecule has 0 fully saturated rings. The molecule has 0 aliphatic heterocycles. The van der Waals surface area contributed by atoms with E-state index in [9.17, 15) is 4.79 Å². The number of rotatable bonds is 5. The second kappa shape index (κ2) is 8.93. The Morgan fingerprint density at radius 2 is 1.86 bits per heavy atom. The van der Waals surface area contributed by atoms with Gasteiger partial charge in [0.1, 0.15) is 15.9 Å². The average molecular weight is 523 g/mol. The summed E-state index contributed by atoms with van der Waals surface area (Å²) in [5.41, 5.74) is 8.50. The Bertz CT molecular complexity index is 1830. The van der Waals surface area contributed by atoms with E-state index in [1.165, 1.54) is 22.9 Å². The van der Waals surface area contributed by atoms with Crippen LogP contribution in [0.15, 0.2) is 66.1 Å². The molecule has 1 aliphatic carbocycles. The SMILES string of the molecule is Cc1ccccc1NC(=O)CSc1nnc2c3sc4nc(-c5ccccc5)c5c(c4c3ncn12)CCC5. The summed E-state index contributed by atoms with van der Waals surface area (Å²) in [7, 11) is 0. The first-order valence-electron chi connectivity index (χ1n) is 12.2. The van der Waals surface area contributed by atoms with Crippen molar-refractivity contribution in [1.82, 2.24) is 24.6 Å². The zero-order chi connectivity index (χ0) is 24.9. The number of anilines is 1. The number of aryl methyl sites for hydroxylation is 2. The summed E-state index contributed by atoms with van der Waals surface area (Å²) in [6.07, 6.45) is 4.98. The van der Waals surface area contributed by atoms with Gasteiger partial charge in [0, 0.05) is 16.6 Å². The van der Waals surface area contributed by atoms with Gasteiger partial charge in [0.2, 0.25) is 5.91 Å². The number of pyridine rings is 1. The highest BCUT2D eigenvalue weighted by molar-refractivity contribution is 7.99. The summed E-state index contributed by atoms with van der Waals surface area (Å²) in [6, 6.07) is 18.2. The van der Waals surface area contributed by atoms with Crippen molar-refractivity contribution < 1.29 is 4.79 Å². The molecule has 2 aromatic carbocycles. The Morgan fingerprint density at radius 3 is 2.73 bits per heavy atom. The Balaban J connectivity index is 1.25. The highest BCUT2D eigenvalue weighted by atomic mass is 32.2. The lowest BCUT2D eigenvalue weighted by molar-refractivity contribution is -0.113. The van der Waals surface area contributed by atoms with E-state index in [0.29, 0.717) is 5.16 Å². The molecule has 0 atom stereocenters. The molecule has 0 bridgehead atoms. The van der Waals surface area contributed by atoms with Crippen molar-refractivity contribution in [1.29, 1.82) is 0 Å². The van der Waals surface area contributed by atoms with Crippen molar-refractivity contribution >= 4 is 60.8 Å². The predicted octanol–water partition coefficient (Wildman–Crippen LogP) is 6.08. The summed E-state index contributed by atoms with van der Waals surface area (Å²) in [6.45, 7) is 1.98. The monoisotopic (exact) mass is 522 g/mol. The molecule has 0 saturated carbocycles. The third-order valence-corrected chi connectivity index (χ3v) is 8.86. The quantitative estimate of drug-likeness (QED) is 0.276. The number of hydrogen-bond acceptors (Lipinski definition) is 7. The minimum atomic E-state index is -0.0832. The molecule has 7 rings (SSSR count). The number of benzene rings is 2. The second-order valence-corrected chi connectivity index (χ2v) is 11.1. The van der Waals surface area contributed by atoms with E-state index in [1.54, 1.807) is 17.7 Å². The lowest BCUT2D eigenvalue weighted by Gasteiger charge is -2.09. The van der Waals surface area contributed by atoms with E-state index < -0.39 is 0 Å². The number of aromatic nitrogens is 5. The zero-order valence-corrected chi connectivity index (χ0v) is 21.7. The van der Waals surface area contributed by atoms with E-state index in [0.717, 1.165) is 67.9 Å². The fraction of sp³-hybridized carbons (Fsp3) is 0.179. The van der Waals surface area contributed by atoms with Crippen molar-refractivity contribution in [3.63, 3.8) is 0 Å². The smallest absolute Gasteiger partial charge is 0.234 e. The van der Waals surface area contributed by atoms with Gasteiger partial charge < -0.3 is 5.32 Å². The molecule has 182 valence electrons. The van der Waals surface area contributed by atoms with Gasteiger partial charge in [-0.05, 0) is 48.9 Å². The summed E-state index contributed by atoms with van der Waals surface area (Å²) in [5.74, 6) is 0.148. The number of carbonyl (C=O) groups is 1. The minimum absolute atomic E-state index is 0.0832. The van der Waals surface area contributed by atoms with Gasteiger partial charge >= 0.3 is 0 Å². The van der Waals surface area contributed by atoms with Crippen LogP contribution in [0, 0.1) is 6.92 Å². The number of amides is 1. The number of carbonyl (C=O) groups excluding carboxylic acids is 1. The van der Waals surface area contributed by atoms with Crippen LogP contribution in [0.1, 0.15) is 23.1 Å². The van der Waals surface area contributed by atoms with E-state index >= 15 is 0 Å². The van der Waals surface area contributed by atoms with Crippen molar-refractivity contribution in [3.8, 4) is 11.3 Å². The molecular formula is C28H22N6OS2. The lowest BCUT2D eigenvalue weighted by Crippen LogP contribution is -2.15. The Morgan fingerprint density at radius 1 is 1.05 bits per heavy atom. The van der Waals surface area contributed by atoms with Gasteiger partial charge in [-0.25, -0.2) is 9.97 Å². The van der Waals surface area contributed by atoms with E-state index in [1.807, 2.05) is 41.7 Å². The number of fused-ring (bicyclic) bond motifs is 7. The molecule has 37 heavy (non-hydrogen) atoms. The summed E-state index contributed by atoms with van der Waals surface area (Å²) < 4.78 is 2.86. The third-order valence-electron chi connectivity index (χ3n) is 6.85. The molecule has 7 nitrogen and oxygen atoms in total. The van der Waals surface area contributed by atoms with Crippen molar-refractivity contribution in [3.05, 3.63) is 77.6 Å². The van der Waals surface area contributed by atoms with Crippen LogP contribution in [0.4, 0.5) is 5.69 Å². The number of nitrogens with zero attached hydrogens (tertiary/aromatic N) is 5. The van der Waals surface area contributed by atoms with Gasteiger partial charge in [0.15, 0.2) is 10.8 Å². The Kier molecular flexibility index (Phi) is 5.40. The van der Waals surface area contributed by atoms with Gasteiger partial charge in [-0.3, -0.25) is 9.20 Å². The van der Waals surface area contributed by atoms with Crippen LogP contribution in [-0.4, -0.2) is 36.2 Å². The highest BCUT2D eigenvalue weighted by Gasteiger charge is 2.25. The number of thioether (sulfide) groups is 1. The van der Waals surface area contributed by atoms with Crippen LogP contribution < -0.4 is 5.32 Å². The van der Waals surface area contributed by atoms with Gasteiger partial charge in [-0.15, -0.1) is 21.5 Å². The molecule has 0 spiro atoms. The Labute approximate surface area is 221 Å². The normalized spacial score (nSPS) is 13.0. The second-order valence-electron chi connectivity index (χ2n) is 9.17. The molecule has 0 unspecified atom stereocenters. The maximum atomic E-state index is 12.6. The van der Waals surface area contributed by atoms with Crippen LogP contribution in [0.2, 0.25) is 0 Å². The van der Waals surface area contributed by atoms with Gasteiger partial charge in [-0.2, -0.15) is 0 Å².